The van der Waals surface area contributed by atoms with Crippen LogP contribution < -0.4 is 28.4 Å². The Labute approximate surface area is 448 Å². The summed E-state index contributed by atoms with van der Waals surface area (Å²) >= 11 is 0. The van der Waals surface area contributed by atoms with E-state index in [-0.39, 0.29) is 38.4 Å². The first-order valence-corrected chi connectivity index (χ1v) is 26.9. The zero-order valence-corrected chi connectivity index (χ0v) is 43.8. The number of para-hydroxylation sites is 2. The smallest absolute Gasteiger partial charge is 0.265 e. The van der Waals surface area contributed by atoms with Gasteiger partial charge < -0.3 is 28.1 Å². The molecular formula is C57H48N10O9S2. The van der Waals surface area contributed by atoms with Gasteiger partial charge in [0.1, 0.15) is 45.4 Å². The molecule has 2 atom stereocenters. The second-order valence-electron chi connectivity index (χ2n) is 17.6. The van der Waals surface area contributed by atoms with E-state index < -0.39 is 31.9 Å². The predicted molar refractivity (Wildman–Crippen MR) is 295 cm³/mol. The van der Waals surface area contributed by atoms with Crippen molar-refractivity contribution < 1.29 is 40.6 Å². The lowest BCUT2D eigenvalue weighted by molar-refractivity contribution is -0.120. The number of rotatable bonds is 20. The maximum absolute atomic E-state index is 15.5. The SMILES string of the molecule is COc1ccccc1S(=O)(=O)Nc1ccc(C(/C=C/c2ccc(Oc3ncnc4c3ncn4C)cc2)C(=O)C(/C=C/c2ccc(Oc3ncnc4c3ncn4C)cc2)c2ccc(NS(=O)(=O)c3ccccc3OC)cc2)cc1. The highest BCUT2D eigenvalue weighted by Crippen LogP contribution is 2.35. The number of carbonyl (C=O) groups is 1. The molecule has 0 fully saturated rings. The number of hydrogen-bond acceptors (Lipinski definition) is 15. The molecule has 0 aliphatic heterocycles. The number of nitrogens with zero attached hydrogens (tertiary/aromatic N) is 8. The third-order valence-corrected chi connectivity index (χ3v) is 15.3. The summed E-state index contributed by atoms with van der Waals surface area (Å²) in [6.07, 6.45) is 13.3. The third kappa shape index (κ3) is 11.3. The van der Waals surface area contributed by atoms with Crippen LogP contribution in [0.25, 0.3) is 34.5 Å². The van der Waals surface area contributed by atoms with Crippen LogP contribution >= 0.6 is 0 Å². The van der Waals surface area contributed by atoms with Crippen LogP contribution in [-0.4, -0.2) is 75.9 Å². The number of nitrogens with one attached hydrogen (secondary N) is 2. The maximum atomic E-state index is 15.5. The molecule has 0 saturated carbocycles. The van der Waals surface area contributed by atoms with E-state index in [9.17, 15) is 16.8 Å². The number of hydrogen-bond donors (Lipinski definition) is 2. The van der Waals surface area contributed by atoms with Gasteiger partial charge >= 0.3 is 0 Å². The number of allylic oxidation sites excluding steroid dienone is 2. The molecule has 10 aromatic rings. The van der Waals surface area contributed by atoms with Gasteiger partial charge in [0.25, 0.3) is 31.8 Å². The Kier molecular flexibility index (Phi) is 14.7. The number of carbonyl (C=O) groups excluding carboxylic acids is 1. The van der Waals surface area contributed by atoms with E-state index in [0.717, 1.165) is 11.1 Å². The number of ether oxygens (including phenoxy) is 4. The normalized spacial score (nSPS) is 12.7. The number of methoxy groups -OCH3 is 2. The number of benzene rings is 6. The minimum Gasteiger partial charge on any atom is -0.495 e. The maximum Gasteiger partial charge on any atom is 0.265 e. The molecule has 0 saturated heterocycles. The molecule has 0 radical (unpaired) electrons. The van der Waals surface area contributed by atoms with Crippen molar-refractivity contribution in [2.24, 2.45) is 14.1 Å². The Bertz CT molecular complexity index is 3830. The van der Waals surface area contributed by atoms with Crippen molar-refractivity contribution in [3.05, 3.63) is 205 Å². The Hall–Kier alpha value is -9.73. The Morgan fingerprint density at radius 1 is 0.500 bits per heavy atom. The molecule has 10 rings (SSSR count). The Balaban J connectivity index is 0.988. The molecule has 6 aromatic carbocycles. The van der Waals surface area contributed by atoms with Crippen LogP contribution in [0.3, 0.4) is 0 Å². The predicted octanol–water partition coefficient (Wildman–Crippen LogP) is 10.1. The number of aromatic nitrogens is 8. The van der Waals surface area contributed by atoms with E-state index in [1.54, 1.807) is 143 Å². The lowest BCUT2D eigenvalue weighted by Crippen LogP contribution is -2.19. The van der Waals surface area contributed by atoms with Gasteiger partial charge in [-0.1, -0.05) is 97.1 Å². The number of Topliss-reactive ketones (excluding diaryl/α,β-unsaturated/α-hetero) is 1. The van der Waals surface area contributed by atoms with E-state index >= 15 is 4.79 Å². The van der Waals surface area contributed by atoms with Crippen LogP contribution in [-0.2, 0) is 38.9 Å². The van der Waals surface area contributed by atoms with Crippen molar-refractivity contribution in [1.29, 1.82) is 0 Å². The lowest BCUT2D eigenvalue weighted by atomic mass is 9.82. The molecule has 78 heavy (non-hydrogen) atoms. The van der Waals surface area contributed by atoms with E-state index in [4.69, 9.17) is 18.9 Å². The highest BCUT2D eigenvalue weighted by molar-refractivity contribution is 7.93. The molecule has 19 nitrogen and oxygen atoms in total. The number of fused-ring (bicyclic) bond motifs is 2. The first-order valence-electron chi connectivity index (χ1n) is 24.0. The average molecular weight is 1080 g/mol. The molecule has 21 heteroatoms. The number of anilines is 2. The van der Waals surface area contributed by atoms with Crippen LogP contribution in [0.4, 0.5) is 11.4 Å². The van der Waals surface area contributed by atoms with Gasteiger partial charge in [0.05, 0.1) is 38.7 Å². The fourth-order valence-electron chi connectivity index (χ4n) is 8.48. The zero-order chi connectivity index (χ0) is 54.4. The number of ketones is 1. The lowest BCUT2D eigenvalue weighted by Gasteiger charge is -2.20. The van der Waals surface area contributed by atoms with Gasteiger partial charge in [0, 0.05) is 25.5 Å². The van der Waals surface area contributed by atoms with Gasteiger partial charge in [-0.15, -0.1) is 0 Å². The van der Waals surface area contributed by atoms with Crippen LogP contribution in [0.1, 0.15) is 34.1 Å². The molecule has 0 amide bonds. The van der Waals surface area contributed by atoms with Gasteiger partial charge in [-0.25, -0.2) is 36.8 Å². The zero-order valence-electron chi connectivity index (χ0n) is 42.2. The van der Waals surface area contributed by atoms with Gasteiger partial charge in [-0.2, -0.15) is 9.97 Å². The summed E-state index contributed by atoms with van der Waals surface area (Å²) in [6, 6.07) is 40.1. The van der Waals surface area contributed by atoms with E-state index in [0.29, 0.717) is 56.7 Å². The summed E-state index contributed by atoms with van der Waals surface area (Å²) < 4.78 is 86.1. The Morgan fingerprint density at radius 2 is 0.885 bits per heavy atom. The standard InChI is InChI=1S/C57H48N10O9S2/c1-66-35-62-51-54(66)58-33-60-56(51)75-43-27-13-37(14-28-43)17-31-45(39-19-23-41(24-20-39)64-77(69,70)49-11-7-5-9-47(49)73-3)53(68)46(40-21-25-42(26-22-40)65-78(71,72)50-12-8-6-10-48(50)74-4)32-18-38-15-29-44(30-16-38)76-57-52-55(59-34-61-57)67(2)36-63-52/h5-36,45-46,64-65H,1-4H3/b31-17+,32-18+. The molecule has 0 spiro atoms. The summed E-state index contributed by atoms with van der Waals surface area (Å²) in [5.74, 6) is -0.188. The Morgan fingerprint density at radius 3 is 1.27 bits per heavy atom. The number of sulfonamides is 2. The summed E-state index contributed by atoms with van der Waals surface area (Å²) in [5.41, 5.74) is 5.31. The molecule has 4 aromatic heterocycles. The molecule has 0 aliphatic carbocycles. The first-order chi connectivity index (χ1) is 37.8. The van der Waals surface area contributed by atoms with Gasteiger partial charge in [0.2, 0.25) is 0 Å². The van der Waals surface area contributed by atoms with Crippen LogP contribution in [0.2, 0.25) is 0 Å². The topological polar surface area (TPSA) is 234 Å². The molecule has 2 unspecified atom stereocenters. The minimum atomic E-state index is -4.08. The van der Waals surface area contributed by atoms with E-state index in [1.807, 2.05) is 50.5 Å². The summed E-state index contributed by atoms with van der Waals surface area (Å²) in [6.45, 7) is 0. The monoisotopic (exact) mass is 1080 g/mol. The quantitative estimate of drug-likeness (QED) is 0.0723. The van der Waals surface area contributed by atoms with Crippen LogP contribution in [0.15, 0.2) is 193 Å². The van der Waals surface area contributed by atoms with Crippen molar-refractivity contribution in [2.75, 3.05) is 23.7 Å². The van der Waals surface area contributed by atoms with Crippen molar-refractivity contribution in [2.45, 2.75) is 21.6 Å². The van der Waals surface area contributed by atoms with Crippen molar-refractivity contribution in [3.8, 4) is 34.8 Å². The molecule has 2 N–H and O–H groups in total. The van der Waals surface area contributed by atoms with Crippen molar-refractivity contribution in [3.63, 3.8) is 0 Å². The summed E-state index contributed by atoms with van der Waals surface area (Å²) in [7, 11) is -1.72. The molecule has 0 aliphatic rings. The summed E-state index contributed by atoms with van der Waals surface area (Å²) in [5, 5.41) is 0. The van der Waals surface area contributed by atoms with Crippen LogP contribution in [0.5, 0.6) is 34.8 Å². The van der Waals surface area contributed by atoms with E-state index in [1.165, 1.54) is 39.0 Å². The van der Waals surface area contributed by atoms with Crippen LogP contribution in [0, 0.1) is 0 Å². The average Bonchev–Trinajstić information content (AvgIpc) is 4.11. The second kappa shape index (κ2) is 22.2. The van der Waals surface area contributed by atoms with Gasteiger partial charge in [-0.3, -0.25) is 14.2 Å². The molecule has 0 bridgehead atoms. The van der Waals surface area contributed by atoms with Crippen molar-refractivity contribution >= 4 is 71.7 Å². The van der Waals surface area contributed by atoms with Gasteiger partial charge in [-0.05, 0) is 95.1 Å². The second-order valence-corrected chi connectivity index (χ2v) is 20.9. The third-order valence-electron chi connectivity index (χ3n) is 12.5. The molecule has 392 valence electrons. The fraction of sp³-hybridized carbons (Fsp3) is 0.105. The van der Waals surface area contributed by atoms with Crippen molar-refractivity contribution in [1.82, 2.24) is 39.0 Å². The molecular weight excluding hydrogens is 1030 g/mol. The highest BCUT2D eigenvalue weighted by atomic mass is 32.2. The van der Waals surface area contributed by atoms with Gasteiger partial charge in [0.15, 0.2) is 28.1 Å². The first kappa shape index (κ1) is 51.7. The largest absolute Gasteiger partial charge is 0.495 e. The summed E-state index contributed by atoms with van der Waals surface area (Å²) in [4.78, 5) is 41.3. The minimum absolute atomic E-state index is 0.0434. The molecule has 4 heterocycles. The number of aryl methyl sites for hydroxylation is 2. The van der Waals surface area contributed by atoms with E-state index in [2.05, 4.69) is 39.3 Å². The number of imidazole rings is 2. The fourth-order valence-corrected chi connectivity index (χ4v) is 10.9. The highest BCUT2D eigenvalue weighted by Gasteiger charge is 2.28.